The molecule has 0 bridgehead atoms. The van der Waals surface area contributed by atoms with Gasteiger partial charge >= 0.3 is 5.97 Å². The number of carbonyl (C=O) groups excluding carboxylic acids is 2. The Kier molecular flexibility index (Phi) is 5.79. The van der Waals surface area contributed by atoms with Crippen LogP contribution in [0, 0.1) is 13.8 Å². The molecule has 0 fully saturated rings. The summed E-state index contributed by atoms with van der Waals surface area (Å²) >= 11 is 6.21. The number of hydrogen-bond acceptors (Lipinski definition) is 6. The molecule has 1 atom stereocenters. The van der Waals surface area contributed by atoms with Crippen LogP contribution in [0.3, 0.4) is 0 Å². The van der Waals surface area contributed by atoms with Crippen molar-refractivity contribution in [1.29, 1.82) is 0 Å². The van der Waals surface area contributed by atoms with Crippen molar-refractivity contribution in [3.05, 3.63) is 34.1 Å². The third kappa shape index (κ3) is 4.06. The molecule has 1 N–H and O–H groups in total. The molecule has 150 valence electrons. The third-order valence-electron chi connectivity index (χ3n) is 4.45. The van der Waals surface area contributed by atoms with Gasteiger partial charge in [-0.15, -0.1) is 0 Å². The topological polar surface area (TPSA) is 91.7 Å². The van der Waals surface area contributed by atoms with Crippen LogP contribution in [-0.4, -0.2) is 41.0 Å². The minimum absolute atomic E-state index is 0.183. The Morgan fingerprint density at radius 1 is 1.29 bits per heavy atom. The maximum atomic E-state index is 12.5. The molecule has 2 aromatic rings. The minimum atomic E-state index is -1.01. The number of aromatic nitrogens is 2. The largest absolute Gasteiger partial charge is 0.489 e. The number of aryl methyl sites for hydroxylation is 2. The van der Waals surface area contributed by atoms with Gasteiger partial charge in [0, 0.05) is 13.5 Å². The van der Waals surface area contributed by atoms with Gasteiger partial charge < -0.3 is 19.5 Å². The highest BCUT2D eigenvalue weighted by Crippen LogP contribution is 2.38. The number of nitrogens with one attached hydrogen (secondary N) is 1. The molecule has 0 aliphatic carbocycles. The summed E-state index contributed by atoms with van der Waals surface area (Å²) in [6.07, 6.45) is -0.295. The first kappa shape index (κ1) is 20.0. The molecule has 0 unspecified atom stereocenters. The molecule has 8 nitrogen and oxygen atoms in total. The Morgan fingerprint density at radius 3 is 2.68 bits per heavy atom. The van der Waals surface area contributed by atoms with Crippen molar-refractivity contribution in [2.24, 2.45) is 7.05 Å². The highest BCUT2D eigenvalue weighted by atomic mass is 35.5. The Bertz CT molecular complexity index is 925. The van der Waals surface area contributed by atoms with E-state index < -0.39 is 18.0 Å². The predicted octanol–water partition coefficient (Wildman–Crippen LogP) is 3.04. The quantitative estimate of drug-likeness (QED) is 0.783. The maximum Gasteiger partial charge on any atom is 0.339 e. The number of carbonyl (C=O) groups is 2. The number of fused-ring (bicyclic) bond motifs is 1. The highest BCUT2D eigenvalue weighted by molar-refractivity contribution is 6.32. The second-order valence-electron chi connectivity index (χ2n) is 6.54. The lowest BCUT2D eigenvalue weighted by Gasteiger charge is -2.15. The number of hydrogen-bond donors (Lipinski definition) is 1. The molecule has 1 aliphatic rings. The molecule has 0 saturated carbocycles. The van der Waals surface area contributed by atoms with Gasteiger partial charge in [0.15, 0.2) is 17.6 Å². The van der Waals surface area contributed by atoms with Crippen molar-refractivity contribution in [2.45, 2.75) is 33.3 Å². The summed E-state index contributed by atoms with van der Waals surface area (Å²) in [6, 6.07) is 2.95. The van der Waals surface area contributed by atoms with Crippen LogP contribution in [0.1, 0.15) is 35.1 Å². The average molecular weight is 408 g/mol. The Hall–Kier alpha value is -2.74. The van der Waals surface area contributed by atoms with E-state index in [2.05, 4.69) is 10.4 Å². The summed E-state index contributed by atoms with van der Waals surface area (Å²) in [5.74, 6) is -0.340. The zero-order valence-electron chi connectivity index (χ0n) is 16.2. The van der Waals surface area contributed by atoms with Crippen molar-refractivity contribution in [2.75, 3.05) is 18.5 Å². The van der Waals surface area contributed by atoms with Gasteiger partial charge in [-0.1, -0.05) is 11.6 Å². The molecule has 0 radical (unpaired) electrons. The van der Waals surface area contributed by atoms with Gasteiger partial charge in [-0.25, -0.2) is 4.79 Å². The molecule has 1 aliphatic heterocycles. The van der Waals surface area contributed by atoms with E-state index in [1.165, 1.54) is 19.1 Å². The summed E-state index contributed by atoms with van der Waals surface area (Å²) < 4.78 is 18.1. The van der Waals surface area contributed by atoms with E-state index in [0.29, 0.717) is 36.1 Å². The summed E-state index contributed by atoms with van der Waals surface area (Å²) in [4.78, 5) is 24.9. The zero-order chi connectivity index (χ0) is 20.4. The predicted molar refractivity (Wildman–Crippen MR) is 103 cm³/mol. The van der Waals surface area contributed by atoms with Crippen molar-refractivity contribution >= 4 is 29.2 Å². The Morgan fingerprint density at radius 2 is 2.00 bits per heavy atom. The molecule has 3 rings (SSSR count). The maximum absolute atomic E-state index is 12.5. The average Bonchev–Trinajstić information content (AvgIpc) is 2.84. The van der Waals surface area contributed by atoms with Crippen LogP contribution in [0.4, 0.5) is 5.69 Å². The SMILES string of the molecule is Cc1nn(C)c(C)c1NC(=O)[C@@H](C)OC(=O)c1cc(Cl)c2c(c1)OCCCO2. The Labute approximate surface area is 167 Å². The lowest BCUT2D eigenvalue weighted by molar-refractivity contribution is -0.123. The lowest BCUT2D eigenvalue weighted by atomic mass is 10.2. The van der Waals surface area contributed by atoms with Crippen LogP contribution in [0.15, 0.2) is 12.1 Å². The number of amides is 1. The van der Waals surface area contributed by atoms with Crippen molar-refractivity contribution < 1.29 is 23.8 Å². The molecule has 2 heterocycles. The number of ether oxygens (including phenoxy) is 3. The molecular weight excluding hydrogens is 386 g/mol. The fourth-order valence-electron chi connectivity index (χ4n) is 2.81. The van der Waals surface area contributed by atoms with Crippen LogP contribution in [-0.2, 0) is 16.6 Å². The first-order valence-electron chi connectivity index (χ1n) is 8.89. The molecule has 0 spiro atoms. The van der Waals surface area contributed by atoms with Gasteiger partial charge in [-0.2, -0.15) is 5.10 Å². The van der Waals surface area contributed by atoms with Crippen LogP contribution >= 0.6 is 11.6 Å². The van der Waals surface area contributed by atoms with Crippen LogP contribution < -0.4 is 14.8 Å². The van der Waals surface area contributed by atoms with Gasteiger partial charge in [0.2, 0.25) is 0 Å². The van der Waals surface area contributed by atoms with Crippen LogP contribution in [0.25, 0.3) is 0 Å². The number of halogens is 1. The summed E-state index contributed by atoms with van der Waals surface area (Å²) in [5, 5.41) is 7.25. The molecule has 1 amide bonds. The summed E-state index contributed by atoms with van der Waals surface area (Å²) in [5.41, 5.74) is 2.28. The first-order valence-corrected chi connectivity index (χ1v) is 9.27. The second-order valence-corrected chi connectivity index (χ2v) is 6.95. The number of anilines is 1. The van der Waals surface area contributed by atoms with E-state index >= 15 is 0 Å². The number of rotatable bonds is 4. The molecule has 1 aromatic carbocycles. The third-order valence-corrected chi connectivity index (χ3v) is 4.73. The van der Waals surface area contributed by atoms with Gasteiger partial charge in [0.05, 0.1) is 40.9 Å². The molecule has 28 heavy (non-hydrogen) atoms. The minimum Gasteiger partial charge on any atom is -0.489 e. The monoisotopic (exact) mass is 407 g/mol. The number of benzene rings is 1. The fourth-order valence-corrected chi connectivity index (χ4v) is 3.08. The lowest BCUT2D eigenvalue weighted by Crippen LogP contribution is -2.30. The van der Waals surface area contributed by atoms with E-state index in [0.717, 1.165) is 12.1 Å². The molecule has 0 saturated heterocycles. The van der Waals surface area contributed by atoms with Gasteiger partial charge in [0.1, 0.15) is 0 Å². The van der Waals surface area contributed by atoms with E-state index in [-0.39, 0.29) is 10.6 Å². The first-order chi connectivity index (χ1) is 13.3. The van der Waals surface area contributed by atoms with Crippen LogP contribution in [0.5, 0.6) is 11.5 Å². The van der Waals surface area contributed by atoms with Crippen molar-refractivity contribution in [1.82, 2.24) is 9.78 Å². The van der Waals surface area contributed by atoms with Crippen molar-refractivity contribution in [3.63, 3.8) is 0 Å². The van der Waals surface area contributed by atoms with Gasteiger partial charge in [-0.05, 0) is 32.9 Å². The van der Waals surface area contributed by atoms with E-state index in [9.17, 15) is 9.59 Å². The normalized spacial score (nSPS) is 14.2. The molecule has 9 heteroatoms. The number of nitrogens with zero attached hydrogens (tertiary/aromatic N) is 2. The van der Waals surface area contributed by atoms with Crippen LogP contribution in [0.2, 0.25) is 5.02 Å². The summed E-state index contributed by atoms with van der Waals surface area (Å²) in [7, 11) is 1.79. The highest BCUT2D eigenvalue weighted by Gasteiger charge is 2.24. The second kappa shape index (κ2) is 8.10. The zero-order valence-corrected chi connectivity index (χ0v) is 16.9. The Balaban J connectivity index is 1.71. The smallest absolute Gasteiger partial charge is 0.339 e. The standard InChI is InChI=1S/C19H22ClN3O5/c1-10-16(11(2)23(4)22-10)21-18(24)12(3)28-19(25)13-8-14(20)17-15(9-13)26-6-5-7-27-17/h8-9,12H,5-7H2,1-4H3,(H,21,24)/t12-/m1/s1. The van der Waals surface area contributed by atoms with E-state index in [1.807, 2.05) is 6.92 Å². The van der Waals surface area contributed by atoms with E-state index in [4.69, 9.17) is 25.8 Å². The molecular formula is C19H22ClN3O5. The number of esters is 1. The van der Waals surface area contributed by atoms with Crippen molar-refractivity contribution in [3.8, 4) is 11.5 Å². The molecule has 1 aromatic heterocycles. The van der Waals surface area contributed by atoms with Gasteiger partial charge in [0.25, 0.3) is 5.91 Å². The van der Waals surface area contributed by atoms with E-state index in [1.54, 1.807) is 18.7 Å². The van der Waals surface area contributed by atoms with Gasteiger partial charge in [-0.3, -0.25) is 9.48 Å². The summed E-state index contributed by atoms with van der Waals surface area (Å²) in [6.45, 7) is 6.08. The fraction of sp³-hybridized carbons (Fsp3) is 0.421.